The van der Waals surface area contributed by atoms with Gasteiger partial charge in [-0.2, -0.15) is 0 Å². The van der Waals surface area contributed by atoms with Gasteiger partial charge in [0.05, 0.1) is 6.10 Å². The number of para-hydroxylation sites is 1. The number of nitrogens with one attached hydrogen (secondary N) is 1. The number of amides is 1. The van der Waals surface area contributed by atoms with Crippen LogP contribution >= 0.6 is 0 Å². The molecule has 25 heavy (non-hydrogen) atoms. The Kier molecular flexibility index (Phi) is 4.36. The van der Waals surface area contributed by atoms with Gasteiger partial charge in [0.15, 0.2) is 0 Å². The zero-order valence-corrected chi connectivity index (χ0v) is 14.4. The lowest BCUT2D eigenvalue weighted by atomic mass is 10.2. The Labute approximate surface area is 147 Å². The first kappa shape index (κ1) is 16.0. The largest absolute Gasteiger partial charge is 0.376 e. The molecule has 6 heteroatoms. The second kappa shape index (κ2) is 6.80. The Balaban J connectivity index is 1.52. The van der Waals surface area contributed by atoms with Gasteiger partial charge in [0.2, 0.25) is 5.95 Å². The molecule has 0 radical (unpaired) electrons. The van der Waals surface area contributed by atoms with Crippen molar-refractivity contribution in [3.05, 3.63) is 47.3 Å². The molecule has 1 unspecified atom stereocenters. The third-order valence-corrected chi connectivity index (χ3v) is 4.72. The van der Waals surface area contributed by atoms with Gasteiger partial charge in [-0.1, -0.05) is 18.2 Å². The number of benzene rings is 1. The van der Waals surface area contributed by atoms with Gasteiger partial charge in [-0.25, -0.2) is 9.97 Å². The number of hydrogen-bond donors (Lipinski definition) is 1. The summed E-state index contributed by atoms with van der Waals surface area (Å²) in [5, 5.41) is 3.21. The lowest BCUT2D eigenvalue weighted by Gasteiger charge is -2.18. The molecule has 1 aromatic heterocycles. The standard InChI is InChI=1S/C19H22N4O2/c1-13-11-16(22-19(21-13)20-12-15-6-4-10-25-15)18(24)23-9-8-14-5-2-3-7-17(14)23/h2-3,5,7,11,15H,4,6,8-10,12H2,1H3,(H,20,21,22). The number of hydrogen-bond acceptors (Lipinski definition) is 5. The molecule has 6 nitrogen and oxygen atoms in total. The van der Waals surface area contributed by atoms with Crippen molar-refractivity contribution in [2.24, 2.45) is 0 Å². The molecule has 4 rings (SSSR count). The fraction of sp³-hybridized carbons (Fsp3) is 0.421. The maximum atomic E-state index is 13.0. The number of ether oxygens (including phenoxy) is 1. The van der Waals surface area contributed by atoms with Gasteiger partial charge >= 0.3 is 0 Å². The van der Waals surface area contributed by atoms with E-state index < -0.39 is 0 Å². The van der Waals surface area contributed by atoms with Crippen LogP contribution in [0.2, 0.25) is 0 Å². The van der Waals surface area contributed by atoms with Crippen molar-refractivity contribution >= 4 is 17.5 Å². The van der Waals surface area contributed by atoms with Crippen LogP contribution in [0.5, 0.6) is 0 Å². The predicted molar refractivity (Wildman–Crippen MR) is 96.1 cm³/mol. The van der Waals surface area contributed by atoms with Crippen LogP contribution in [0.1, 0.15) is 34.6 Å². The summed E-state index contributed by atoms with van der Waals surface area (Å²) in [7, 11) is 0. The van der Waals surface area contributed by atoms with E-state index in [2.05, 4.69) is 21.4 Å². The topological polar surface area (TPSA) is 67.4 Å². The number of aromatic nitrogens is 2. The molecule has 1 atom stereocenters. The summed E-state index contributed by atoms with van der Waals surface area (Å²) in [5.74, 6) is 0.418. The molecule has 3 heterocycles. The lowest BCUT2D eigenvalue weighted by Crippen LogP contribution is -2.30. The summed E-state index contributed by atoms with van der Waals surface area (Å²) in [5.41, 5.74) is 3.40. The van der Waals surface area contributed by atoms with Gasteiger partial charge in [0, 0.05) is 31.1 Å². The van der Waals surface area contributed by atoms with Crippen molar-refractivity contribution < 1.29 is 9.53 Å². The van der Waals surface area contributed by atoms with Crippen LogP contribution in [0.25, 0.3) is 0 Å². The summed E-state index contributed by atoms with van der Waals surface area (Å²) < 4.78 is 5.61. The monoisotopic (exact) mass is 338 g/mol. The van der Waals surface area contributed by atoms with Crippen molar-refractivity contribution in [2.75, 3.05) is 29.9 Å². The minimum Gasteiger partial charge on any atom is -0.376 e. The van der Waals surface area contributed by atoms with E-state index >= 15 is 0 Å². The number of carbonyl (C=O) groups is 1. The molecule has 2 aliphatic heterocycles. The highest BCUT2D eigenvalue weighted by molar-refractivity contribution is 6.06. The summed E-state index contributed by atoms with van der Waals surface area (Å²) >= 11 is 0. The second-order valence-electron chi connectivity index (χ2n) is 6.57. The number of nitrogens with zero attached hydrogens (tertiary/aromatic N) is 3. The molecule has 0 aliphatic carbocycles. The number of fused-ring (bicyclic) bond motifs is 1. The SMILES string of the molecule is Cc1cc(C(=O)N2CCc3ccccc32)nc(NCC2CCCO2)n1. The van der Waals surface area contributed by atoms with Crippen LogP contribution in [0, 0.1) is 6.92 Å². The normalized spacial score (nSPS) is 19.1. The van der Waals surface area contributed by atoms with Crippen LogP contribution in [-0.2, 0) is 11.2 Å². The highest BCUT2D eigenvalue weighted by atomic mass is 16.5. The first-order valence-electron chi connectivity index (χ1n) is 8.81. The van der Waals surface area contributed by atoms with E-state index in [-0.39, 0.29) is 12.0 Å². The summed E-state index contributed by atoms with van der Waals surface area (Å²) in [4.78, 5) is 23.6. The van der Waals surface area contributed by atoms with E-state index in [4.69, 9.17) is 4.74 Å². The molecule has 1 fully saturated rings. The number of anilines is 2. The quantitative estimate of drug-likeness (QED) is 0.928. The van der Waals surface area contributed by atoms with Crippen molar-refractivity contribution in [3.63, 3.8) is 0 Å². The Morgan fingerprint density at radius 1 is 1.36 bits per heavy atom. The molecule has 2 aromatic rings. The van der Waals surface area contributed by atoms with E-state index in [9.17, 15) is 4.79 Å². The first-order chi connectivity index (χ1) is 12.2. The molecule has 2 aliphatic rings. The van der Waals surface area contributed by atoms with Crippen LogP contribution in [0.15, 0.2) is 30.3 Å². The predicted octanol–water partition coefficient (Wildman–Crippen LogP) is 2.58. The van der Waals surface area contributed by atoms with E-state index in [0.717, 1.165) is 37.3 Å². The third kappa shape index (κ3) is 3.35. The van der Waals surface area contributed by atoms with Gasteiger partial charge in [0.25, 0.3) is 5.91 Å². The fourth-order valence-corrected chi connectivity index (χ4v) is 3.46. The Morgan fingerprint density at radius 2 is 2.24 bits per heavy atom. The Hall–Kier alpha value is -2.47. The minimum atomic E-state index is -0.0735. The van der Waals surface area contributed by atoms with Crippen LogP contribution in [0.3, 0.4) is 0 Å². The van der Waals surface area contributed by atoms with Crippen LogP contribution < -0.4 is 10.2 Å². The summed E-state index contributed by atoms with van der Waals surface area (Å²) in [6.07, 6.45) is 3.23. The Morgan fingerprint density at radius 3 is 3.08 bits per heavy atom. The second-order valence-corrected chi connectivity index (χ2v) is 6.57. The molecule has 1 aromatic carbocycles. The average molecular weight is 338 g/mol. The minimum absolute atomic E-state index is 0.0735. The first-order valence-corrected chi connectivity index (χ1v) is 8.81. The fourth-order valence-electron chi connectivity index (χ4n) is 3.46. The van der Waals surface area contributed by atoms with Crippen LogP contribution in [-0.4, -0.2) is 41.7 Å². The zero-order valence-electron chi connectivity index (χ0n) is 14.4. The number of rotatable bonds is 4. The number of carbonyl (C=O) groups excluding carboxylic acids is 1. The maximum absolute atomic E-state index is 13.0. The molecule has 0 saturated carbocycles. The molecule has 0 spiro atoms. The van der Waals surface area contributed by atoms with Gasteiger partial charge in [-0.15, -0.1) is 0 Å². The smallest absolute Gasteiger partial charge is 0.277 e. The van der Waals surface area contributed by atoms with Crippen molar-refractivity contribution in [3.8, 4) is 0 Å². The summed E-state index contributed by atoms with van der Waals surface area (Å²) in [6, 6.07) is 9.78. The van der Waals surface area contributed by atoms with Gasteiger partial charge in [-0.3, -0.25) is 4.79 Å². The molecule has 0 bridgehead atoms. The van der Waals surface area contributed by atoms with Crippen molar-refractivity contribution in [1.82, 2.24) is 9.97 Å². The molecule has 1 N–H and O–H groups in total. The van der Waals surface area contributed by atoms with E-state index in [0.29, 0.717) is 24.7 Å². The number of aryl methyl sites for hydroxylation is 1. The van der Waals surface area contributed by atoms with E-state index in [1.165, 1.54) is 5.56 Å². The molecule has 1 amide bonds. The van der Waals surface area contributed by atoms with Gasteiger partial charge in [0.1, 0.15) is 5.69 Å². The molecular weight excluding hydrogens is 316 g/mol. The van der Waals surface area contributed by atoms with Crippen LogP contribution in [0.4, 0.5) is 11.6 Å². The highest BCUT2D eigenvalue weighted by Crippen LogP contribution is 2.28. The molecule has 130 valence electrons. The van der Waals surface area contributed by atoms with E-state index in [1.807, 2.05) is 25.1 Å². The molecular formula is C19H22N4O2. The third-order valence-electron chi connectivity index (χ3n) is 4.72. The van der Waals surface area contributed by atoms with Gasteiger partial charge in [-0.05, 0) is 43.9 Å². The van der Waals surface area contributed by atoms with Gasteiger partial charge < -0.3 is 15.0 Å². The highest BCUT2D eigenvalue weighted by Gasteiger charge is 2.26. The van der Waals surface area contributed by atoms with E-state index in [1.54, 1.807) is 11.0 Å². The maximum Gasteiger partial charge on any atom is 0.277 e. The average Bonchev–Trinajstić information content (AvgIpc) is 3.28. The lowest BCUT2D eigenvalue weighted by molar-refractivity contribution is 0.0984. The Bertz CT molecular complexity index is 787. The van der Waals surface area contributed by atoms with Crippen molar-refractivity contribution in [2.45, 2.75) is 32.3 Å². The zero-order chi connectivity index (χ0) is 17.2. The molecule has 1 saturated heterocycles. The summed E-state index contributed by atoms with van der Waals surface area (Å²) in [6.45, 7) is 4.07. The van der Waals surface area contributed by atoms with Crippen molar-refractivity contribution in [1.29, 1.82) is 0 Å².